The van der Waals surface area contributed by atoms with E-state index in [1.165, 1.54) is 18.3 Å². The average molecular weight is 276 g/mol. The number of rotatable bonds is 4. The first kappa shape index (κ1) is 11.7. The van der Waals surface area contributed by atoms with Gasteiger partial charge in [-0.15, -0.1) is 0 Å². The molecule has 0 spiro atoms. The number of nitrogens with zero attached hydrogens (tertiary/aromatic N) is 2. The quantitative estimate of drug-likeness (QED) is 0.300. The molecular weight excluding hydrogens is 266 g/mol. The maximum absolute atomic E-state index is 10.3. The van der Waals surface area contributed by atoms with Crippen molar-refractivity contribution in [1.82, 2.24) is 5.43 Å². The number of nitro groups is 1. The van der Waals surface area contributed by atoms with E-state index < -0.39 is 4.92 Å². The second kappa shape index (κ2) is 4.43. The lowest BCUT2D eigenvalue weighted by atomic mass is 10.4. The molecule has 0 unspecified atom stereocenters. The first-order chi connectivity index (χ1) is 6.88. The zero-order chi connectivity index (χ0) is 11.5. The van der Waals surface area contributed by atoms with Crippen molar-refractivity contribution >= 4 is 28.0 Å². The summed E-state index contributed by atoms with van der Waals surface area (Å²) in [6, 6.07) is 2.76. The monoisotopic (exact) mass is 275 g/mol. The van der Waals surface area contributed by atoms with E-state index in [4.69, 9.17) is 4.42 Å². The topological polar surface area (TPSA) is 80.7 Å². The smallest absolute Gasteiger partial charge is 0.400 e. The third-order valence-electron chi connectivity index (χ3n) is 1.31. The van der Waals surface area contributed by atoms with Gasteiger partial charge >= 0.3 is 5.88 Å². The van der Waals surface area contributed by atoms with Crippen LogP contribution >= 0.6 is 15.9 Å². The van der Waals surface area contributed by atoms with Crippen LogP contribution in [0.4, 0.5) is 5.88 Å². The molecule has 0 aliphatic carbocycles. The predicted octanol–water partition coefficient (Wildman–Crippen LogP) is 2.24. The lowest BCUT2D eigenvalue weighted by Crippen LogP contribution is -2.27. The molecule has 82 valence electrons. The van der Waals surface area contributed by atoms with Crippen molar-refractivity contribution in [3.8, 4) is 0 Å². The van der Waals surface area contributed by atoms with Crippen LogP contribution in [0.5, 0.6) is 0 Å². The predicted molar refractivity (Wildman–Crippen MR) is 59.1 cm³/mol. The van der Waals surface area contributed by atoms with Crippen LogP contribution in [0.25, 0.3) is 0 Å². The molecule has 0 saturated carbocycles. The summed E-state index contributed by atoms with van der Waals surface area (Å²) >= 11 is 3.32. The van der Waals surface area contributed by atoms with Crippen molar-refractivity contribution in [3.05, 3.63) is 28.0 Å². The van der Waals surface area contributed by atoms with E-state index in [1.807, 2.05) is 13.8 Å². The molecule has 0 aromatic carbocycles. The molecule has 0 amide bonds. The molecule has 1 aromatic heterocycles. The lowest BCUT2D eigenvalue weighted by Gasteiger charge is -2.14. The largest absolute Gasteiger partial charge is 0.433 e. The Kier molecular flexibility index (Phi) is 3.46. The molecule has 0 radical (unpaired) electrons. The summed E-state index contributed by atoms with van der Waals surface area (Å²) in [7, 11) is 0. The number of halogens is 1. The van der Waals surface area contributed by atoms with Crippen molar-refractivity contribution in [1.29, 1.82) is 0 Å². The van der Waals surface area contributed by atoms with Crippen LogP contribution in [0.1, 0.15) is 19.6 Å². The fourth-order valence-electron chi connectivity index (χ4n) is 0.759. The van der Waals surface area contributed by atoms with Gasteiger partial charge in [0, 0.05) is 0 Å². The van der Waals surface area contributed by atoms with Gasteiger partial charge in [-0.1, -0.05) is 15.9 Å². The van der Waals surface area contributed by atoms with Gasteiger partial charge in [0.15, 0.2) is 5.76 Å². The maximum atomic E-state index is 10.3. The van der Waals surface area contributed by atoms with Gasteiger partial charge in [0.25, 0.3) is 0 Å². The number of hydrazone groups is 1. The van der Waals surface area contributed by atoms with Crippen LogP contribution in [0.2, 0.25) is 0 Å². The molecule has 1 rings (SSSR count). The number of hydrogen-bond acceptors (Lipinski definition) is 5. The molecule has 0 bridgehead atoms. The Labute approximate surface area is 94.6 Å². The first-order valence-corrected chi connectivity index (χ1v) is 4.91. The van der Waals surface area contributed by atoms with E-state index in [-0.39, 0.29) is 10.3 Å². The molecule has 0 saturated heterocycles. The van der Waals surface area contributed by atoms with Gasteiger partial charge < -0.3 is 4.42 Å². The van der Waals surface area contributed by atoms with Crippen molar-refractivity contribution < 1.29 is 9.34 Å². The zero-order valence-electron chi connectivity index (χ0n) is 8.23. The van der Waals surface area contributed by atoms with E-state index in [0.717, 1.165) is 0 Å². The summed E-state index contributed by atoms with van der Waals surface area (Å²) in [6.45, 7) is 3.74. The van der Waals surface area contributed by atoms with Crippen molar-refractivity contribution in [2.24, 2.45) is 5.10 Å². The Hall–Kier alpha value is -1.37. The van der Waals surface area contributed by atoms with E-state index in [1.54, 1.807) is 0 Å². The Morgan fingerprint density at radius 1 is 1.67 bits per heavy atom. The number of alkyl halides is 1. The molecule has 0 atom stereocenters. The maximum Gasteiger partial charge on any atom is 0.433 e. The van der Waals surface area contributed by atoms with Crippen LogP contribution in [-0.4, -0.2) is 15.6 Å². The molecule has 1 heterocycles. The molecule has 6 nitrogen and oxygen atoms in total. The highest BCUT2D eigenvalue weighted by molar-refractivity contribution is 9.10. The molecule has 1 N–H and O–H groups in total. The Morgan fingerprint density at radius 2 is 2.33 bits per heavy atom. The van der Waals surface area contributed by atoms with Gasteiger partial charge in [-0.25, -0.2) is 0 Å². The molecule has 0 fully saturated rings. The van der Waals surface area contributed by atoms with Crippen LogP contribution in [0.15, 0.2) is 21.7 Å². The standard InChI is InChI=1S/C8H10BrN3O3/c1-8(2,9)11-10-5-6-3-4-7(15-6)12(13)14/h3-5,11H,1-2H3. The van der Waals surface area contributed by atoms with Gasteiger partial charge in [-0.2, -0.15) is 5.10 Å². The SMILES string of the molecule is CC(C)(Br)NN=Cc1ccc([N+](=O)[O-])o1. The molecular formula is C8H10BrN3O3. The van der Waals surface area contributed by atoms with Crippen LogP contribution < -0.4 is 5.43 Å². The third-order valence-corrected chi connectivity index (χ3v) is 1.49. The minimum atomic E-state index is -0.598. The highest BCUT2D eigenvalue weighted by Crippen LogP contribution is 2.14. The number of furan rings is 1. The Balaban J connectivity index is 2.61. The van der Waals surface area contributed by atoms with Crippen molar-refractivity contribution in [2.45, 2.75) is 18.3 Å². The van der Waals surface area contributed by atoms with E-state index in [2.05, 4.69) is 26.5 Å². The Bertz CT molecular complexity index is 381. The van der Waals surface area contributed by atoms with Gasteiger partial charge in [-0.3, -0.25) is 15.5 Å². The van der Waals surface area contributed by atoms with Crippen molar-refractivity contribution in [2.75, 3.05) is 0 Å². The second-order valence-corrected chi connectivity index (χ2v) is 5.26. The molecule has 0 aliphatic heterocycles. The summed E-state index contributed by atoms with van der Waals surface area (Å²) in [5.74, 6) is 0.0282. The lowest BCUT2D eigenvalue weighted by molar-refractivity contribution is -0.402. The van der Waals surface area contributed by atoms with E-state index >= 15 is 0 Å². The number of hydrogen-bond donors (Lipinski definition) is 1. The van der Waals surface area contributed by atoms with Crippen LogP contribution in [0, 0.1) is 10.1 Å². The summed E-state index contributed by atoms with van der Waals surface area (Å²) in [6.07, 6.45) is 1.37. The zero-order valence-corrected chi connectivity index (χ0v) is 9.82. The second-order valence-electron chi connectivity index (χ2n) is 3.28. The highest BCUT2D eigenvalue weighted by Gasteiger charge is 2.11. The third kappa shape index (κ3) is 4.11. The average Bonchev–Trinajstić information content (AvgIpc) is 2.50. The van der Waals surface area contributed by atoms with E-state index in [0.29, 0.717) is 5.76 Å². The molecule has 0 aliphatic rings. The van der Waals surface area contributed by atoms with Gasteiger partial charge in [-0.05, 0) is 19.9 Å². The molecule has 7 heteroatoms. The Morgan fingerprint density at radius 3 is 2.80 bits per heavy atom. The first-order valence-electron chi connectivity index (χ1n) is 4.12. The van der Waals surface area contributed by atoms with Crippen LogP contribution in [-0.2, 0) is 0 Å². The van der Waals surface area contributed by atoms with Gasteiger partial charge in [0.1, 0.15) is 9.37 Å². The fraction of sp³-hybridized carbons (Fsp3) is 0.375. The summed E-state index contributed by atoms with van der Waals surface area (Å²) in [4.78, 5) is 9.69. The normalized spacial score (nSPS) is 11.9. The minimum Gasteiger partial charge on any atom is -0.400 e. The minimum absolute atomic E-state index is 0.297. The summed E-state index contributed by atoms with van der Waals surface area (Å²) in [5.41, 5.74) is 2.77. The summed E-state index contributed by atoms with van der Waals surface area (Å²) in [5, 5.41) is 14.1. The molecule has 15 heavy (non-hydrogen) atoms. The summed E-state index contributed by atoms with van der Waals surface area (Å²) < 4.78 is 4.52. The fourth-order valence-corrected chi connectivity index (χ4v) is 0.861. The number of nitrogens with one attached hydrogen (secondary N) is 1. The van der Waals surface area contributed by atoms with Gasteiger partial charge in [0.2, 0.25) is 0 Å². The molecule has 1 aromatic rings. The highest BCUT2D eigenvalue weighted by atomic mass is 79.9. The van der Waals surface area contributed by atoms with Crippen LogP contribution in [0.3, 0.4) is 0 Å². The van der Waals surface area contributed by atoms with Crippen molar-refractivity contribution in [3.63, 3.8) is 0 Å². The van der Waals surface area contributed by atoms with Gasteiger partial charge in [0.05, 0.1) is 12.3 Å². The van der Waals surface area contributed by atoms with E-state index in [9.17, 15) is 10.1 Å².